The summed E-state index contributed by atoms with van der Waals surface area (Å²) in [5.41, 5.74) is 0. The fourth-order valence-corrected chi connectivity index (χ4v) is 1.54. The number of aliphatic hydroxyl groups excluding tert-OH is 1. The fraction of sp³-hybridized carbons (Fsp3) is 0.556. The van der Waals surface area contributed by atoms with Crippen LogP contribution >= 0.6 is 11.6 Å². The molecule has 0 unspecified atom stereocenters. The normalized spacial score (nSPS) is 15.6. The summed E-state index contributed by atoms with van der Waals surface area (Å²) in [7, 11) is 0. The van der Waals surface area contributed by atoms with Gasteiger partial charge < -0.3 is 10.0 Å². The van der Waals surface area contributed by atoms with E-state index in [9.17, 15) is 0 Å². The van der Waals surface area contributed by atoms with E-state index < -0.39 is 0 Å². The van der Waals surface area contributed by atoms with E-state index in [0.717, 1.165) is 5.82 Å². The van der Waals surface area contributed by atoms with Crippen LogP contribution in [0.4, 0.5) is 5.82 Å². The Bertz CT molecular complexity index is 299. The lowest BCUT2D eigenvalue weighted by Crippen LogP contribution is -2.29. The first-order chi connectivity index (χ1) is 6.81. The van der Waals surface area contributed by atoms with Crippen LogP contribution in [0.3, 0.4) is 0 Å². The average Bonchev–Trinajstić information content (AvgIpc) is 2.99. The van der Waals surface area contributed by atoms with Crippen molar-refractivity contribution in [3.63, 3.8) is 0 Å². The number of hydrogen-bond acceptors (Lipinski definition) is 4. The number of nitrogens with zero attached hydrogens (tertiary/aromatic N) is 3. The Kier molecular flexibility index (Phi) is 2.84. The number of anilines is 1. The van der Waals surface area contributed by atoms with Gasteiger partial charge in [0.05, 0.1) is 6.61 Å². The summed E-state index contributed by atoms with van der Waals surface area (Å²) in [6.07, 6.45) is 2.34. The molecule has 4 nitrogen and oxygen atoms in total. The van der Waals surface area contributed by atoms with Crippen LogP contribution in [0.25, 0.3) is 0 Å². The summed E-state index contributed by atoms with van der Waals surface area (Å²) in [4.78, 5) is 2.07. The number of rotatable bonds is 4. The fourth-order valence-electron chi connectivity index (χ4n) is 1.44. The summed E-state index contributed by atoms with van der Waals surface area (Å²) in [6.45, 7) is 0.752. The second-order valence-electron chi connectivity index (χ2n) is 3.36. The molecular weight excluding hydrogens is 202 g/mol. The van der Waals surface area contributed by atoms with Crippen molar-refractivity contribution in [2.75, 3.05) is 18.1 Å². The highest BCUT2D eigenvalue weighted by atomic mass is 35.5. The molecule has 1 saturated carbocycles. The van der Waals surface area contributed by atoms with E-state index in [-0.39, 0.29) is 6.61 Å². The summed E-state index contributed by atoms with van der Waals surface area (Å²) < 4.78 is 0. The van der Waals surface area contributed by atoms with E-state index in [4.69, 9.17) is 16.7 Å². The SMILES string of the molecule is OCCN(c1ccc(Cl)nn1)C1CC1. The minimum atomic E-state index is 0.140. The average molecular weight is 214 g/mol. The van der Waals surface area contributed by atoms with Crippen molar-refractivity contribution in [2.24, 2.45) is 0 Å². The highest BCUT2D eigenvalue weighted by Crippen LogP contribution is 2.29. The summed E-state index contributed by atoms with van der Waals surface area (Å²) in [5, 5.41) is 17.1. The van der Waals surface area contributed by atoms with Crippen LogP contribution in [0, 0.1) is 0 Å². The molecule has 0 bridgehead atoms. The molecule has 0 aromatic carbocycles. The highest BCUT2D eigenvalue weighted by Gasteiger charge is 2.29. The minimum absolute atomic E-state index is 0.140. The largest absolute Gasteiger partial charge is 0.395 e. The van der Waals surface area contributed by atoms with Gasteiger partial charge in [-0.1, -0.05) is 11.6 Å². The van der Waals surface area contributed by atoms with Crippen LogP contribution in [-0.4, -0.2) is 34.5 Å². The molecule has 1 aliphatic carbocycles. The predicted octanol–water partition coefficient (Wildman–Crippen LogP) is 1.09. The van der Waals surface area contributed by atoms with E-state index in [2.05, 4.69) is 15.1 Å². The Morgan fingerprint density at radius 2 is 2.21 bits per heavy atom. The van der Waals surface area contributed by atoms with E-state index in [1.165, 1.54) is 12.8 Å². The van der Waals surface area contributed by atoms with Gasteiger partial charge in [-0.25, -0.2) is 0 Å². The zero-order valence-electron chi connectivity index (χ0n) is 7.73. The maximum atomic E-state index is 8.91. The van der Waals surface area contributed by atoms with Crippen LogP contribution in [0.5, 0.6) is 0 Å². The summed E-state index contributed by atoms with van der Waals surface area (Å²) in [5.74, 6) is 0.797. The zero-order valence-corrected chi connectivity index (χ0v) is 8.48. The van der Waals surface area contributed by atoms with E-state index in [1.54, 1.807) is 6.07 Å². The molecule has 0 aliphatic heterocycles. The van der Waals surface area contributed by atoms with Crippen molar-refractivity contribution in [3.05, 3.63) is 17.3 Å². The molecule has 76 valence electrons. The zero-order chi connectivity index (χ0) is 9.97. The van der Waals surface area contributed by atoms with E-state index >= 15 is 0 Å². The molecule has 0 atom stereocenters. The molecule has 1 N–H and O–H groups in total. The van der Waals surface area contributed by atoms with Crippen LogP contribution < -0.4 is 4.90 Å². The van der Waals surface area contributed by atoms with Gasteiger partial charge in [-0.3, -0.25) is 0 Å². The minimum Gasteiger partial charge on any atom is -0.395 e. The van der Waals surface area contributed by atoms with Crippen molar-refractivity contribution in [1.82, 2.24) is 10.2 Å². The first-order valence-electron chi connectivity index (χ1n) is 4.68. The standard InChI is InChI=1S/C9H12ClN3O/c10-8-3-4-9(12-11-8)13(5-6-14)7-1-2-7/h3-4,7,14H,1-2,5-6H2. The summed E-state index contributed by atoms with van der Waals surface area (Å²) in [6, 6.07) is 4.08. The maximum Gasteiger partial charge on any atom is 0.151 e. The molecule has 0 amide bonds. The molecule has 1 aromatic rings. The van der Waals surface area contributed by atoms with Crippen molar-refractivity contribution >= 4 is 17.4 Å². The van der Waals surface area contributed by atoms with Gasteiger partial charge in [0, 0.05) is 12.6 Å². The third-order valence-electron chi connectivity index (χ3n) is 2.24. The molecule has 14 heavy (non-hydrogen) atoms. The Balaban J connectivity index is 2.13. The lowest BCUT2D eigenvalue weighted by atomic mass is 10.4. The first-order valence-corrected chi connectivity index (χ1v) is 5.06. The molecule has 5 heteroatoms. The Labute approximate surface area is 87.5 Å². The lowest BCUT2D eigenvalue weighted by molar-refractivity contribution is 0.301. The van der Waals surface area contributed by atoms with Crippen molar-refractivity contribution < 1.29 is 5.11 Å². The van der Waals surface area contributed by atoms with Crippen LogP contribution in [0.2, 0.25) is 5.15 Å². The topological polar surface area (TPSA) is 49.2 Å². The predicted molar refractivity (Wildman–Crippen MR) is 54.5 cm³/mol. The van der Waals surface area contributed by atoms with Gasteiger partial charge in [-0.05, 0) is 25.0 Å². The molecule has 2 rings (SSSR count). The Hall–Kier alpha value is -0.870. The molecule has 0 saturated heterocycles. The Morgan fingerprint density at radius 1 is 1.43 bits per heavy atom. The maximum absolute atomic E-state index is 8.91. The monoisotopic (exact) mass is 213 g/mol. The molecule has 1 fully saturated rings. The van der Waals surface area contributed by atoms with Crippen LogP contribution in [0.1, 0.15) is 12.8 Å². The van der Waals surface area contributed by atoms with Gasteiger partial charge in [0.1, 0.15) is 0 Å². The van der Waals surface area contributed by atoms with Gasteiger partial charge in [0.25, 0.3) is 0 Å². The van der Waals surface area contributed by atoms with Crippen LogP contribution in [-0.2, 0) is 0 Å². The quantitative estimate of drug-likeness (QED) is 0.814. The highest BCUT2D eigenvalue weighted by molar-refractivity contribution is 6.29. The number of aromatic nitrogens is 2. The molecule has 1 heterocycles. The second-order valence-corrected chi connectivity index (χ2v) is 3.75. The first kappa shape index (κ1) is 9.68. The van der Waals surface area contributed by atoms with Crippen molar-refractivity contribution in [3.8, 4) is 0 Å². The molecule has 1 aliphatic rings. The number of halogens is 1. The van der Waals surface area contributed by atoms with Gasteiger partial charge in [0.15, 0.2) is 11.0 Å². The van der Waals surface area contributed by atoms with Gasteiger partial charge >= 0.3 is 0 Å². The van der Waals surface area contributed by atoms with Crippen molar-refractivity contribution in [2.45, 2.75) is 18.9 Å². The molecule has 0 radical (unpaired) electrons. The number of hydrogen-bond donors (Lipinski definition) is 1. The number of aliphatic hydroxyl groups is 1. The van der Waals surface area contributed by atoms with Gasteiger partial charge in [-0.2, -0.15) is 0 Å². The van der Waals surface area contributed by atoms with E-state index in [1.807, 2.05) is 6.07 Å². The molecule has 0 spiro atoms. The van der Waals surface area contributed by atoms with Gasteiger partial charge in [-0.15, -0.1) is 10.2 Å². The second kappa shape index (κ2) is 4.11. The lowest BCUT2D eigenvalue weighted by Gasteiger charge is -2.21. The molecule has 1 aromatic heterocycles. The third kappa shape index (κ3) is 2.13. The molecular formula is C9H12ClN3O. The van der Waals surface area contributed by atoms with Crippen molar-refractivity contribution in [1.29, 1.82) is 0 Å². The third-order valence-corrected chi connectivity index (χ3v) is 2.44. The van der Waals surface area contributed by atoms with Crippen LogP contribution in [0.15, 0.2) is 12.1 Å². The van der Waals surface area contributed by atoms with Gasteiger partial charge in [0.2, 0.25) is 0 Å². The van der Waals surface area contributed by atoms with E-state index in [0.29, 0.717) is 17.7 Å². The smallest absolute Gasteiger partial charge is 0.151 e. The summed E-state index contributed by atoms with van der Waals surface area (Å²) >= 11 is 5.65. The Morgan fingerprint density at radius 3 is 2.71 bits per heavy atom.